The van der Waals surface area contributed by atoms with Crippen LogP contribution in [0.15, 0.2) is 35.4 Å². The van der Waals surface area contributed by atoms with Crippen molar-refractivity contribution in [3.63, 3.8) is 0 Å². The van der Waals surface area contributed by atoms with Gasteiger partial charge >= 0.3 is 5.69 Å². The van der Waals surface area contributed by atoms with Crippen molar-refractivity contribution in [2.45, 2.75) is 45.8 Å². The third-order valence-electron chi connectivity index (χ3n) is 5.51. The lowest BCUT2D eigenvalue weighted by Crippen LogP contribution is -2.24. The minimum atomic E-state index is -0.863. The monoisotopic (exact) mass is 459 g/mol. The fourth-order valence-electron chi connectivity index (χ4n) is 3.83. The molecular weight excluding hydrogens is 432 g/mol. The van der Waals surface area contributed by atoms with E-state index in [0.717, 1.165) is 50.3 Å². The van der Waals surface area contributed by atoms with Crippen LogP contribution >= 0.6 is 0 Å². The summed E-state index contributed by atoms with van der Waals surface area (Å²) in [7, 11) is 1.67. The number of rotatable bonds is 10. The van der Waals surface area contributed by atoms with Crippen molar-refractivity contribution < 1.29 is 18.3 Å². The average Bonchev–Trinajstić information content (AvgIpc) is 3.38. The van der Waals surface area contributed by atoms with Crippen molar-refractivity contribution in [3.05, 3.63) is 58.3 Å². The van der Waals surface area contributed by atoms with Gasteiger partial charge in [-0.1, -0.05) is 26.2 Å². The van der Waals surface area contributed by atoms with Crippen LogP contribution in [0.25, 0.3) is 0 Å². The van der Waals surface area contributed by atoms with Gasteiger partial charge in [-0.3, -0.25) is 9.25 Å². The van der Waals surface area contributed by atoms with Crippen LogP contribution in [-0.4, -0.2) is 32.4 Å². The van der Waals surface area contributed by atoms with Crippen LogP contribution < -0.4 is 20.1 Å². The molecule has 1 aliphatic heterocycles. The minimum Gasteiger partial charge on any atom is -0.473 e. The summed E-state index contributed by atoms with van der Waals surface area (Å²) in [6.07, 6.45) is 7.40. The molecule has 0 amide bonds. The maximum Gasteiger partial charge on any atom is 0.352 e. The molecule has 33 heavy (non-hydrogen) atoms. The number of unbranched alkanes of at least 4 members (excludes halogenated alkanes) is 3. The summed E-state index contributed by atoms with van der Waals surface area (Å²) in [6.45, 7) is 4.22. The van der Waals surface area contributed by atoms with Crippen molar-refractivity contribution in [1.82, 2.24) is 19.3 Å². The van der Waals surface area contributed by atoms with Crippen molar-refractivity contribution in [3.8, 4) is 17.4 Å². The number of hydrogen-bond acceptors (Lipinski definition) is 6. The number of nitrogens with zero attached hydrogens (tertiary/aromatic N) is 5. The molecule has 0 fully saturated rings. The Balaban J connectivity index is 1.44. The third-order valence-corrected chi connectivity index (χ3v) is 5.51. The van der Waals surface area contributed by atoms with Gasteiger partial charge < -0.3 is 14.4 Å². The lowest BCUT2D eigenvalue weighted by molar-refractivity contribution is 0.289. The molecule has 1 aliphatic rings. The number of ether oxygens (including phenoxy) is 2. The normalized spacial score (nSPS) is 12.8. The Morgan fingerprint density at radius 1 is 1.09 bits per heavy atom. The van der Waals surface area contributed by atoms with Crippen LogP contribution in [0.1, 0.15) is 38.2 Å². The minimum absolute atomic E-state index is 0.128. The smallest absolute Gasteiger partial charge is 0.352 e. The molecule has 0 radical (unpaired) electrons. The van der Waals surface area contributed by atoms with Crippen LogP contribution in [0.5, 0.6) is 17.4 Å². The molecule has 0 atom stereocenters. The summed E-state index contributed by atoms with van der Waals surface area (Å²) in [5.74, 6) is -1.13. The summed E-state index contributed by atoms with van der Waals surface area (Å²) in [5, 5.41) is 3.90. The highest BCUT2D eigenvalue weighted by molar-refractivity contribution is 5.45. The maximum absolute atomic E-state index is 14.5. The van der Waals surface area contributed by atoms with E-state index in [1.165, 1.54) is 23.5 Å². The molecule has 0 saturated heterocycles. The van der Waals surface area contributed by atoms with Gasteiger partial charge in [-0.05, 0) is 24.1 Å². The highest BCUT2D eigenvalue weighted by Gasteiger charge is 2.22. The molecule has 0 saturated carbocycles. The lowest BCUT2D eigenvalue weighted by Gasteiger charge is -2.18. The average molecular weight is 459 g/mol. The standard InChI is InChI=1S/C23H27F2N5O3/c1-3-4-5-6-7-29-8-9-30-21(29)12-20(27-23(30)31)32-15-16-10-18(24)22(19(25)11-16)33-17-13-26-28(2)14-17/h10-14H,3-9,15H2,1-2H3. The molecule has 3 aromatic rings. The van der Waals surface area contributed by atoms with Gasteiger partial charge in [0.2, 0.25) is 5.88 Å². The Hall–Kier alpha value is -3.43. The van der Waals surface area contributed by atoms with Crippen molar-refractivity contribution in [2.75, 3.05) is 18.0 Å². The van der Waals surface area contributed by atoms with Gasteiger partial charge in [0, 0.05) is 32.7 Å². The number of aromatic nitrogens is 4. The molecule has 3 heterocycles. The van der Waals surface area contributed by atoms with Gasteiger partial charge in [0.25, 0.3) is 0 Å². The molecule has 0 bridgehead atoms. The van der Waals surface area contributed by atoms with E-state index >= 15 is 0 Å². The van der Waals surface area contributed by atoms with Crippen molar-refractivity contribution >= 4 is 5.82 Å². The second-order valence-electron chi connectivity index (χ2n) is 8.06. The number of anilines is 1. The van der Waals surface area contributed by atoms with E-state index in [9.17, 15) is 13.6 Å². The number of hydrogen-bond donors (Lipinski definition) is 0. The van der Waals surface area contributed by atoms with Gasteiger partial charge in [-0.2, -0.15) is 10.1 Å². The first-order valence-electron chi connectivity index (χ1n) is 11.1. The zero-order valence-corrected chi connectivity index (χ0v) is 18.8. The van der Waals surface area contributed by atoms with Crippen LogP contribution in [0, 0.1) is 11.6 Å². The SMILES string of the molecule is CCCCCCN1CCn2c1cc(OCc1cc(F)c(Oc3cnn(C)c3)c(F)c1)nc2=O. The quantitative estimate of drug-likeness (QED) is 0.426. The van der Waals surface area contributed by atoms with E-state index in [4.69, 9.17) is 9.47 Å². The van der Waals surface area contributed by atoms with E-state index in [1.54, 1.807) is 17.7 Å². The Morgan fingerprint density at radius 2 is 1.88 bits per heavy atom. The molecule has 4 rings (SSSR count). The van der Waals surface area contributed by atoms with Gasteiger partial charge in [0.1, 0.15) is 12.4 Å². The summed E-state index contributed by atoms with van der Waals surface area (Å²) in [6, 6.07) is 3.98. The Labute approximate surface area is 190 Å². The van der Waals surface area contributed by atoms with Gasteiger partial charge in [0.15, 0.2) is 23.1 Å². The molecule has 0 spiro atoms. The molecule has 10 heteroatoms. The molecule has 0 unspecified atom stereocenters. The molecule has 0 aliphatic carbocycles. The van der Waals surface area contributed by atoms with Gasteiger partial charge in [0.05, 0.1) is 12.4 Å². The molecule has 1 aromatic carbocycles. The highest BCUT2D eigenvalue weighted by Crippen LogP contribution is 2.29. The number of aryl methyl sites for hydroxylation is 1. The van der Waals surface area contributed by atoms with E-state index in [0.29, 0.717) is 6.54 Å². The largest absolute Gasteiger partial charge is 0.473 e. The summed E-state index contributed by atoms with van der Waals surface area (Å²) in [4.78, 5) is 18.5. The highest BCUT2D eigenvalue weighted by atomic mass is 19.1. The predicted octanol–water partition coefficient (Wildman–Crippen LogP) is 4.03. The molecule has 2 aromatic heterocycles. The van der Waals surface area contributed by atoms with Gasteiger partial charge in [-0.25, -0.2) is 13.6 Å². The summed E-state index contributed by atoms with van der Waals surface area (Å²) < 4.78 is 42.9. The van der Waals surface area contributed by atoms with Crippen molar-refractivity contribution in [1.29, 1.82) is 0 Å². The maximum atomic E-state index is 14.5. The van der Waals surface area contributed by atoms with Crippen LogP contribution in [-0.2, 0) is 20.2 Å². The molecule has 176 valence electrons. The fourth-order valence-corrected chi connectivity index (χ4v) is 3.83. The molecular formula is C23H27F2N5O3. The van der Waals surface area contributed by atoms with Crippen LogP contribution in [0.2, 0.25) is 0 Å². The van der Waals surface area contributed by atoms with E-state index in [1.807, 2.05) is 0 Å². The first-order valence-corrected chi connectivity index (χ1v) is 11.1. The Morgan fingerprint density at radius 3 is 2.58 bits per heavy atom. The Bertz CT molecular complexity index is 1150. The number of fused-ring (bicyclic) bond motifs is 1. The third kappa shape index (κ3) is 5.32. The zero-order valence-electron chi connectivity index (χ0n) is 18.8. The summed E-state index contributed by atoms with van der Waals surface area (Å²) >= 11 is 0. The number of halogens is 2. The Kier molecular flexibility index (Phi) is 6.90. The fraction of sp³-hybridized carbons (Fsp3) is 0.435. The summed E-state index contributed by atoms with van der Waals surface area (Å²) in [5.41, 5.74) is -0.140. The number of benzene rings is 1. The van der Waals surface area contributed by atoms with Crippen LogP contribution in [0.4, 0.5) is 14.6 Å². The first-order chi connectivity index (χ1) is 15.9. The van der Waals surface area contributed by atoms with Crippen molar-refractivity contribution in [2.24, 2.45) is 7.05 Å². The topological polar surface area (TPSA) is 74.4 Å². The van der Waals surface area contributed by atoms with Gasteiger partial charge in [-0.15, -0.1) is 0 Å². The van der Waals surface area contributed by atoms with E-state index in [-0.39, 0.29) is 23.8 Å². The van der Waals surface area contributed by atoms with E-state index < -0.39 is 23.1 Å². The molecule has 8 nitrogen and oxygen atoms in total. The van der Waals surface area contributed by atoms with E-state index in [2.05, 4.69) is 21.9 Å². The lowest BCUT2D eigenvalue weighted by atomic mass is 10.2. The predicted molar refractivity (Wildman–Crippen MR) is 119 cm³/mol. The first kappa shape index (κ1) is 22.8. The second kappa shape index (κ2) is 10.0. The molecule has 0 N–H and O–H groups in total. The zero-order chi connectivity index (χ0) is 23.4. The van der Waals surface area contributed by atoms with Crippen LogP contribution in [0.3, 0.4) is 0 Å². The second-order valence-corrected chi connectivity index (χ2v) is 8.06.